The van der Waals surface area contributed by atoms with E-state index in [-0.39, 0.29) is 28.6 Å². The largest absolute Gasteiger partial charge is 0.421 e. The lowest BCUT2D eigenvalue weighted by molar-refractivity contribution is 0.00942. The Labute approximate surface area is 206 Å². The molecule has 4 rings (SSSR count). The first-order chi connectivity index (χ1) is 16.8. The fourth-order valence-electron chi connectivity index (χ4n) is 3.65. The minimum atomic E-state index is -3.65. The number of nitriles is 1. The van der Waals surface area contributed by atoms with Gasteiger partial charge in [0.2, 0.25) is 5.75 Å². The Morgan fingerprint density at radius 1 is 1.28 bits per heavy atom. The number of nitrogens with zero attached hydrogens (tertiary/aromatic N) is 5. The van der Waals surface area contributed by atoms with Gasteiger partial charge in [0.25, 0.3) is 5.92 Å². The van der Waals surface area contributed by atoms with E-state index in [2.05, 4.69) is 21.0 Å². The first kappa shape index (κ1) is 25.4. The van der Waals surface area contributed by atoms with Gasteiger partial charge < -0.3 is 4.74 Å². The van der Waals surface area contributed by atoms with E-state index in [1.54, 1.807) is 6.07 Å². The Hall–Kier alpha value is -3.72. The van der Waals surface area contributed by atoms with Crippen LogP contribution in [0.5, 0.6) is 5.75 Å². The smallest absolute Gasteiger partial charge is 0.344 e. The lowest BCUT2D eigenvalue weighted by atomic mass is 9.95. The van der Waals surface area contributed by atoms with Crippen molar-refractivity contribution in [3.05, 3.63) is 59.0 Å². The second-order valence-electron chi connectivity index (χ2n) is 8.51. The molecule has 1 saturated carbocycles. The van der Waals surface area contributed by atoms with Crippen LogP contribution in [0.15, 0.2) is 42.7 Å². The van der Waals surface area contributed by atoms with Crippen molar-refractivity contribution < 1.29 is 31.5 Å². The summed E-state index contributed by atoms with van der Waals surface area (Å²) in [6.45, 7) is 0.457. The number of carbonyl (C=O) groups excluding carboxylic acids is 1. The maximum absolute atomic E-state index is 14.1. The van der Waals surface area contributed by atoms with Crippen LogP contribution < -0.4 is 4.74 Å². The average molecular weight is 526 g/mol. The monoisotopic (exact) mass is 525 g/mol. The minimum absolute atomic E-state index is 0.0277. The molecule has 188 valence electrons. The zero-order valence-corrected chi connectivity index (χ0v) is 19.6. The van der Waals surface area contributed by atoms with Gasteiger partial charge in [-0.15, -0.1) is 0 Å². The summed E-state index contributed by atoms with van der Waals surface area (Å²) in [5, 5.41) is 17.1. The number of carbonyl (C=O) groups is 1. The zero-order chi connectivity index (χ0) is 26.4. The van der Waals surface area contributed by atoms with Gasteiger partial charge in [-0.1, -0.05) is 17.7 Å². The van der Waals surface area contributed by atoms with Crippen molar-refractivity contribution in [1.82, 2.24) is 19.6 Å². The molecule has 1 aromatic carbocycles. The summed E-state index contributed by atoms with van der Waals surface area (Å²) in [5.74, 6) is -5.24. The third-order valence-electron chi connectivity index (χ3n) is 5.72. The topological polar surface area (TPSA) is 85.7 Å². The highest BCUT2D eigenvalue weighted by molar-refractivity contribution is 6.34. The number of aryl methyl sites for hydroxylation is 1. The standard InChI is InChI=1S/C23H17ClF5N5O2/c1-22(28,29)18-17(36-20(27)19(25)26)21(33(2)32-18)34-10-13(9-31-34)12-3-4-15(24)14(7-12)16(35)8-23(11-30)5-6-23/h3-4,7,9-10H,5-6,8H2,1-2H3. The van der Waals surface area contributed by atoms with Gasteiger partial charge in [0.15, 0.2) is 17.3 Å². The van der Waals surface area contributed by atoms with Gasteiger partial charge in [-0.05, 0) is 30.5 Å². The molecule has 2 aromatic heterocycles. The van der Waals surface area contributed by atoms with Crippen molar-refractivity contribution >= 4 is 17.4 Å². The van der Waals surface area contributed by atoms with E-state index in [1.807, 2.05) is 0 Å². The molecular weight excluding hydrogens is 509 g/mol. The number of ether oxygens (including phenoxy) is 1. The molecule has 0 bridgehead atoms. The number of aromatic nitrogens is 4. The second-order valence-corrected chi connectivity index (χ2v) is 8.92. The molecule has 0 atom stereocenters. The number of halogens is 6. The quantitative estimate of drug-likeness (QED) is 0.195. The average Bonchev–Trinajstić information content (AvgIpc) is 3.26. The van der Waals surface area contributed by atoms with Gasteiger partial charge in [-0.25, -0.2) is 9.36 Å². The molecule has 2 heterocycles. The summed E-state index contributed by atoms with van der Waals surface area (Å²) < 4.78 is 73.4. The summed E-state index contributed by atoms with van der Waals surface area (Å²) in [6, 6.07) is 4.39. The molecule has 1 fully saturated rings. The molecule has 0 spiro atoms. The van der Waals surface area contributed by atoms with E-state index in [4.69, 9.17) is 11.6 Å². The number of hydrogen-bond acceptors (Lipinski definition) is 5. The number of alkyl halides is 2. The highest BCUT2D eigenvalue weighted by Crippen LogP contribution is 2.49. The second kappa shape index (κ2) is 9.05. The predicted molar refractivity (Wildman–Crippen MR) is 118 cm³/mol. The van der Waals surface area contributed by atoms with Crippen LogP contribution in [0.4, 0.5) is 22.0 Å². The lowest BCUT2D eigenvalue weighted by Gasteiger charge is -2.10. The third-order valence-corrected chi connectivity index (χ3v) is 6.05. The summed E-state index contributed by atoms with van der Waals surface area (Å²) in [6.07, 6.45) is 1.12. The number of ketones is 1. The van der Waals surface area contributed by atoms with Gasteiger partial charge in [0, 0.05) is 37.7 Å². The van der Waals surface area contributed by atoms with Gasteiger partial charge in [0.1, 0.15) is 0 Å². The Kier molecular flexibility index (Phi) is 6.38. The van der Waals surface area contributed by atoms with Crippen LogP contribution in [0.25, 0.3) is 16.9 Å². The van der Waals surface area contributed by atoms with Crippen LogP contribution in [0.1, 0.15) is 42.2 Å². The minimum Gasteiger partial charge on any atom is -0.421 e. The number of hydrogen-bond donors (Lipinski definition) is 0. The summed E-state index contributed by atoms with van der Waals surface area (Å²) >= 11 is 6.21. The molecule has 36 heavy (non-hydrogen) atoms. The number of Topliss-reactive ketones (excluding diaryl/α,β-unsaturated/α-hetero) is 1. The molecule has 0 N–H and O–H groups in total. The predicted octanol–water partition coefficient (Wildman–Crippen LogP) is 6.33. The van der Waals surface area contributed by atoms with E-state index >= 15 is 0 Å². The fraction of sp³-hybridized carbons (Fsp3) is 0.304. The molecule has 0 radical (unpaired) electrons. The maximum atomic E-state index is 14.1. The van der Waals surface area contributed by atoms with Crippen molar-refractivity contribution in [2.24, 2.45) is 12.5 Å². The molecule has 7 nitrogen and oxygen atoms in total. The van der Waals surface area contributed by atoms with Gasteiger partial charge in [0.05, 0.1) is 22.7 Å². The summed E-state index contributed by atoms with van der Waals surface area (Å²) in [4.78, 5) is 12.8. The Morgan fingerprint density at radius 3 is 2.56 bits per heavy atom. The SMILES string of the molecule is Cn1nc(C(C)(F)F)c(OC(F)=C(F)F)c1-n1cc(-c2ccc(Cl)c(C(=O)CC3(C#N)CC3)c2)cn1. The number of benzene rings is 1. The normalized spacial score (nSPS) is 14.3. The molecule has 0 amide bonds. The Balaban J connectivity index is 1.73. The molecular formula is C23H17ClF5N5O2. The molecule has 1 aliphatic carbocycles. The summed E-state index contributed by atoms with van der Waals surface area (Å²) in [5.41, 5.74) is -0.668. The highest BCUT2D eigenvalue weighted by atomic mass is 35.5. The molecule has 0 aliphatic heterocycles. The Bertz CT molecular complexity index is 1430. The van der Waals surface area contributed by atoms with Crippen LogP contribution in [-0.2, 0) is 13.0 Å². The number of rotatable bonds is 8. The van der Waals surface area contributed by atoms with Crippen LogP contribution in [0.2, 0.25) is 5.02 Å². The third kappa shape index (κ3) is 4.83. The van der Waals surface area contributed by atoms with Crippen molar-refractivity contribution in [1.29, 1.82) is 5.26 Å². The zero-order valence-electron chi connectivity index (χ0n) is 18.8. The molecule has 13 heteroatoms. The fourth-order valence-corrected chi connectivity index (χ4v) is 3.87. The first-order valence-electron chi connectivity index (χ1n) is 10.5. The van der Waals surface area contributed by atoms with E-state index in [0.717, 1.165) is 9.36 Å². The van der Waals surface area contributed by atoms with Gasteiger partial charge in [-0.2, -0.15) is 37.4 Å². The van der Waals surface area contributed by atoms with Crippen molar-refractivity contribution in [2.75, 3.05) is 0 Å². The molecule has 1 aliphatic rings. The van der Waals surface area contributed by atoms with Gasteiger partial charge >= 0.3 is 12.1 Å². The van der Waals surface area contributed by atoms with E-state index in [0.29, 0.717) is 30.9 Å². The highest BCUT2D eigenvalue weighted by Gasteiger charge is 2.45. The maximum Gasteiger partial charge on any atom is 0.344 e. The van der Waals surface area contributed by atoms with Crippen molar-refractivity contribution in [3.63, 3.8) is 0 Å². The van der Waals surface area contributed by atoms with Crippen LogP contribution in [0.3, 0.4) is 0 Å². The van der Waals surface area contributed by atoms with Crippen LogP contribution >= 0.6 is 11.6 Å². The molecule has 3 aromatic rings. The first-order valence-corrected chi connectivity index (χ1v) is 10.9. The van der Waals surface area contributed by atoms with Crippen LogP contribution in [-0.4, -0.2) is 25.3 Å². The van der Waals surface area contributed by atoms with E-state index in [1.165, 1.54) is 31.6 Å². The molecule has 0 saturated heterocycles. The van der Waals surface area contributed by atoms with Crippen molar-refractivity contribution in [2.45, 2.75) is 32.1 Å². The van der Waals surface area contributed by atoms with Crippen LogP contribution in [0, 0.1) is 16.7 Å². The van der Waals surface area contributed by atoms with E-state index < -0.39 is 34.9 Å². The van der Waals surface area contributed by atoms with E-state index in [9.17, 15) is 32.0 Å². The van der Waals surface area contributed by atoms with Crippen molar-refractivity contribution in [3.8, 4) is 28.8 Å². The lowest BCUT2D eigenvalue weighted by Crippen LogP contribution is -2.10. The Morgan fingerprint density at radius 2 is 1.97 bits per heavy atom. The molecule has 0 unspecified atom stereocenters. The summed E-state index contributed by atoms with van der Waals surface area (Å²) in [7, 11) is 1.23. The van der Waals surface area contributed by atoms with Gasteiger partial charge in [-0.3, -0.25) is 4.79 Å².